The molecule has 1 unspecified atom stereocenters. The van der Waals surface area contributed by atoms with Gasteiger partial charge >= 0.3 is 0 Å². The molecule has 0 N–H and O–H groups in total. The highest BCUT2D eigenvalue weighted by atomic mass is 16.2. The molecular weight excluding hydrogens is 378 g/mol. The molecule has 3 saturated heterocycles. The summed E-state index contributed by atoms with van der Waals surface area (Å²) in [6.07, 6.45) is 10.1. The smallest absolute Gasteiger partial charge is 0.274 e. The topological polar surface area (TPSA) is 61.2 Å². The Morgan fingerprint density at radius 3 is 2.47 bits per heavy atom. The van der Waals surface area contributed by atoms with E-state index in [-0.39, 0.29) is 11.8 Å². The lowest BCUT2D eigenvalue weighted by Gasteiger charge is -2.42. The summed E-state index contributed by atoms with van der Waals surface area (Å²) in [6.45, 7) is 5.38. The monoisotopic (exact) mass is 409 g/mol. The first-order valence-electron chi connectivity index (χ1n) is 11.4. The number of fused-ring (bicyclic) bond motifs is 1. The Balaban J connectivity index is 1.17. The fourth-order valence-corrected chi connectivity index (χ4v) is 5.37. The summed E-state index contributed by atoms with van der Waals surface area (Å²) in [5.41, 5.74) is 1.33. The zero-order valence-corrected chi connectivity index (χ0v) is 17.6. The first-order valence-corrected chi connectivity index (χ1v) is 11.4. The number of hydrogen-bond donors (Lipinski definition) is 0. The predicted molar refractivity (Wildman–Crippen MR) is 114 cm³/mol. The molecule has 30 heavy (non-hydrogen) atoms. The van der Waals surface area contributed by atoms with E-state index in [4.69, 9.17) is 0 Å². The van der Waals surface area contributed by atoms with E-state index in [2.05, 4.69) is 14.8 Å². The number of hydrogen-bond acceptors (Lipinski definition) is 4. The quantitative estimate of drug-likeness (QED) is 0.780. The van der Waals surface area contributed by atoms with E-state index in [1.807, 2.05) is 39.9 Å². The Bertz CT molecular complexity index is 878. The van der Waals surface area contributed by atoms with Crippen molar-refractivity contribution in [1.29, 1.82) is 0 Å². The van der Waals surface area contributed by atoms with Crippen molar-refractivity contribution in [2.24, 2.45) is 5.92 Å². The molecule has 0 radical (unpaired) electrons. The third-order valence-corrected chi connectivity index (χ3v) is 7.07. The number of nitrogens with zero attached hydrogens (tertiary/aromatic N) is 5. The molecule has 5 rings (SSSR count). The molecule has 5 heterocycles. The molecule has 3 fully saturated rings. The van der Waals surface area contributed by atoms with Crippen LogP contribution in [0.25, 0.3) is 5.65 Å². The summed E-state index contributed by atoms with van der Waals surface area (Å²) in [6, 6.07) is 6.26. The van der Waals surface area contributed by atoms with Gasteiger partial charge in [0.25, 0.3) is 5.91 Å². The minimum Gasteiger partial charge on any atom is -0.342 e. The Morgan fingerprint density at radius 2 is 1.70 bits per heavy atom. The number of likely N-dealkylation sites (tertiary alicyclic amines) is 3. The van der Waals surface area contributed by atoms with Crippen LogP contribution in [0, 0.1) is 5.92 Å². The summed E-state index contributed by atoms with van der Waals surface area (Å²) < 4.78 is 1.89. The molecule has 0 aromatic carbocycles. The van der Waals surface area contributed by atoms with Gasteiger partial charge in [0.1, 0.15) is 11.3 Å². The molecule has 2 aromatic heterocycles. The summed E-state index contributed by atoms with van der Waals surface area (Å²) in [5, 5.41) is 0. The van der Waals surface area contributed by atoms with E-state index in [0.717, 1.165) is 83.4 Å². The predicted octanol–water partition coefficient (Wildman–Crippen LogP) is 2.27. The largest absolute Gasteiger partial charge is 0.342 e. The second-order valence-corrected chi connectivity index (χ2v) is 8.98. The molecule has 3 aliphatic rings. The Labute approximate surface area is 177 Å². The van der Waals surface area contributed by atoms with Gasteiger partial charge in [-0.1, -0.05) is 6.07 Å². The highest BCUT2D eigenvalue weighted by Crippen LogP contribution is 2.26. The first kappa shape index (κ1) is 19.5. The minimum atomic E-state index is 0.0258. The van der Waals surface area contributed by atoms with Gasteiger partial charge < -0.3 is 14.2 Å². The molecule has 7 heteroatoms. The SMILES string of the molecule is O=C(c1cn2ccccc2n1)N1CCC(N2CCCC(C(=O)N3CCCC3)C2)CC1. The van der Waals surface area contributed by atoms with Gasteiger partial charge in [0.2, 0.25) is 5.91 Å². The van der Waals surface area contributed by atoms with Crippen molar-refractivity contribution in [3.8, 4) is 0 Å². The number of pyridine rings is 1. The molecule has 0 bridgehead atoms. The van der Waals surface area contributed by atoms with Gasteiger partial charge in [0, 0.05) is 51.2 Å². The van der Waals surface area contributed by atoms with Gasteiger partial charge in [-0.05, 0) is 57.2 Å². The number of piperidine rings is 2. The average Bonchev–Trinajstić information content (AvgIpc) is 3.48. The van der Waals surface area contributed by atoms with E-state index in [0.29, 0.717) is 17.6 Å². The Kier molecular flexibility index (Phi) is 5.46. The number of amides is 2. The Morgan fingerprint density at radius 1 is 0.900 bits per heavy atom. The van der Waals surface area contributed by atoms with Crippen molar-refractivity contribution in [3.05, 3.63) is 36.3 Å². The third-order valence-electron chi connectivity index (χ3n) is 7.07. The lowest BCUT2D eigenvalue weighted by Crippen LogP contribution is -2.51. The summed E-state index contributed by atoms with van der Waals surface area (Å²) in [7, 11) is 0. The molecule has 0 aliphatic carbocycles. The second-order valence-electron chi connectivity index (χ2n) is 8.98. The van der Waals surface area contributed by atoms with Crippen LogP contribution in [0.5, 0.6) is 0 Å². The fourth-order valence-electron chi connectivity index (χ4n) is 5.37. The lowest BCUT2D eigenvalue weighted by atomic mass is 9.93. The van der Waals surface area contributed by atoms with E-state index in [9.17, 15) is 9.59 Å². The van der Waals surface area contributed by atoms with Crippen LogP contribution in [-0.4, -0.2) is 81.2 Å². The van der Waals surface area contributed by atoms with Gasteiger partial charge in [-0.15, -0.1) is 0 Å². The van der Waals surface area contributed by atoms with E-state index >= 15 is 0 Å². The van der Waals surface area contributed by atoms with Gasteiger partial charge in [0.05, 0.1) is 5.92 Å². The second kappa shape index (κ2) is 8.38. The summed E-state index contributed by atoms with van der Waals surface area (Å²) in [5.74, 6) is 0.559. The van der Waals surface area contributed by atoms with Crippen molar-refractivity contribution < 1.29 is 9.59 Å². The molecule has 160 valence electrons. The maximum atomic E-state index is 12.9. The number of carbonyl (C=O) groups excluding carboxylic acids is 2. The maximum absolute atomic E-state index is 12.9. The van der Waals surface area contributed by atoms with Crippen LogP contribution in [-0.2, 0) is 4.79 Å². The summed E-state index contributed by atoms with van der Waals surface area (Å²) >= 11 is 0. The van der Waals surface area contributed by atoms with Gasteiger partial charge in [0.15, 0.2) is 0 Å². The number of rotatable bonds is 3. The van der Waals surface area contributed by atoms with Crippen LogP contribution in [0.1, 0.15) is 49.0 Å². The van der Waals surface area contributed by atoms with Crippen molar-refractivity contribution in [1.82, 2.24) is 24.1 Å². The molecule has 0 spiro atoms. The first-order chi connectivity index (χ1) is 14.7. The fraction of sp³-hybridized carbons (Fsp3) is 0.609. The standard InChI is InChI=1S/C23H31N5O2/c29-22(25-10-3-4-11-25)18-6-5-13-27(16-18)19-8-14-26(15-9-19)23(30)20-17-28-12-2-1-7-21(28)24-20/h1-2,7,12,17-19H,3-6,8-11,13-16H2. The van der Waals surface area contributed by atoms with Crippen molar-refractivity contribution in [2.75, 3.05) is 39.3 Å². The maximum Gasteiger partial charge on any atom is 0.274 e. The minimum absolute atomic E-state index is 0.0258. The zero-order chi connectivity index (χ0) is 20.5. The highest BCUT2D eigenvalue weighted by Gasteiger charge is 2.35. The van der Waals surface area contributed by atoms with Crippen LogP contribution < -0.4 is 0 Å². The van der Waals surface area contributed by atoms with Crippen molar-refractivity contribution in [3.63, 3.8) is 0 Å². The molecule has 2 amide bonds. The number of imidazole rings is 1. The Hall–Kier alpha value is -2.41. The zero-order valence-electron chi connectivity index (χ0n) is 17.6. The molecule has 3 aliphatic heterocycles. The summed E-state index contributed by atoms with van der Waals surface area (Å²) in [4.78, 5) is 36.8. The van der Waals surface area contributed by atoms with Crippen LogP contribution in [0.2, 0.25) is 0 Å². The van der Waals surface area contributed by atoms with Crippen LogP contribution in [0.15, 0.2) is 30.6 Å². The average molecular weight is 410 g/mol. The molecular formula is C23H31N5O2. The van der Waals surface area contributed by atoms with Gasteiger partial charge in [-0.25, -0.2) is 4.98 Å². The molecule has 7 nitrogen and oxygen atoms in total. The van der Waals surface area contributed by atoms with Crippen LogP contribution in [0.3, 0.4) is 0 Å². The molecule has 2 aromatic rings. The van der Waals surface area contributed by atoms with Crippen LogP contribution in [0.4, 0.5) is 0 Å². The van der Waals surface area contributed by atoms with E-state index in [1.165, 1.54) is 0 Å². The number of carbonyl (C=O) groups is 2. The van der Waals surface area contributed by atoms with Crippen molar-refractivity contribution in [2.45, 2.75) is 44.6 Å². The van der Waals surface area contributed by atoms with Gasteiger partial charge in [-0.3, -0.25) is 14.5 Å². The molecule has 1 atom stereocenters. The number of aromatic nitrogens is 2. The highest BCUT2D eigenvalue weighted by molar-refractivity contribution is 5.93. The third kappa shape index (κ3) is 3.83. The van der Waals surface area contributed by atoms with E-state index in [1.54, 1.807) is 0 Å². The normalized spacial score (nSPS) is 23.9. The molecule has 0 saturated carbocycles. The van der Waals surface area contributed by atoms with Crippen LogP contribution >= 0.6 is 0 Å². The lowest BCUT2D eigenvalue weighted by molar-refractivity contribution is -0.136. The van der Waals surface area contributed by atoms with Gasteiger partial charge in [-0.2, -0.15) is 0 Å². The van der Waals surface area contributed by atoms with E-state index < -0.39 is 0 Å². The van der Waals surface area contributed by atoms with Crippen molar-refractivity contribution >= 4 is 17.5 Å².